The molecule has 0 saturated carbocycles. The van der Waals surface area contributed by atoms with Gasteiger partial charge < -0.3 is 5.32 Å². The van der Waals surface area contributed by atoms with Crippen molar-refractivity contribution in [1.82, 2.24) is 10.3 Å². The van der Waals surface area contributed by atoms with Crippen LogP contribution in [-0.4, -0.2) is 9.91 Å². The summed E-state index contributed by atoms with van der Waals surface area (Å²) < 4.78 is 13.1. The maximum atomic E-state index is 13.1. The molecule has 0 saturated heterocycles. The van der Waals surface area contributed by atoms with Gasteiger partial charge in [-0.15, -0.1) is 11.3 Å². The van der Waals surface area contributed by atoms with Gasteiger partial charge in [-0.25, -0.2) is 9.37 Å². The zero-order chi connectivity index (χ0) is 13.8. The standard InChI is InChI=1S/C12H12FN3O2S/c1-8-7-19-12(15-8)6-14-5-9-4-10(13)2-3-11(9)16(17)18/h2-4,7,14H,5-6H2,1H3. The van der Waals surface area contributed by atoms with Crippen molar-refractivity contribution in [2.45, 2.75) is 20.0 Å². The van der Waals surface area contributed by atoms with E-state index >= 15 is 0 Å². The monoisotopic (exact) mass is 281 g/mol. The average Bonchev–Trinajstić information content (AvgIpc) is 2.75. The molecule has 1 heterocycles. The summed E-state index contributed by atoms with van der Waals surface area (Å²) in [6.45, 7) is 2.64. The van der Waals surface area contributed by atoms with Gasteiger partial charge in [-0.05, 0) is 19.1 Å². The topological polar surface area (TPSA) is 68.1 Å². The van der Waals surface area contributed by atoms with E-state index in [2.05, 4.69) is 10.3 Å². The summed E-state index contributed by atoms with van der Waals surface area (Å²) in [6.07, 6.45) is 0. The molecule has 0 aliphatic heterocycles. The Hall–Kier alpha value is -1.86. The summed E-state index contributed by atoms with van der Waals surface area (Å²) in [5.41, 5.74) is 1.20. The van der Waals surface area contributed by atoms with E-state index in [0.29, 0.717) is 12.1 Å². The van der Waals surface area contributed by atoms with Crippen LogP contribution >= 0.6 is 11.3 Å². The Morgan fingerprint density at radius 2 is 2.26 bits per heavy atom. The molecule has 0 unspecified atom stereocenters. The van der Waals surface area contributed by atoms with Crippen LogP contribution < -0.4 is 5.32 Å². The molecule has 0 radical (unpaired) electrons. The Kier molecular flexibility index (Phi) is 4.18. The summed E-state index contributed by atoms with van der Waals surface area (Å²) in [7, 11) is 0. The minimum absolute atomic E-state index is 0.0794. The fourth-order valence-electron chi connectivity index (χ4n) is 1.66. The lowest BCUT2D eigenvalue weighted by Gasteiger charge is -2.04. The van der Waals surface area contributed by atoms with Crippen molar-refractivity contribution in [2.24, 2.45) is 0 Å². The molecule has 1 aromatic heterocycles. The molecule has 2 rings (SSSR count). The van der Waals surface area contributed by atoms with Crippen molar-refractivity contribution in [3.05, 3.63) is 55.8 Å². The SMILES string of the molecule is Cc1csc(CNCc2cc(F)ccc2[N+](=O)[O-])n1. The number of aromatic nitrogens is 1. The first kappa shape index (κ1) is 13.6. The number of nitro benzene ring substituents is 1. The Bertz CT molecular complexity index is 600. The second-order valence-electron chi connectivity index (χ2n) is 4.02. The van der Waals surface area contributed by atoms with E-state index in [1.54, 1.807) is 0 Å². The van der Waals surface area contributed by atoms with Gasteiger partial charge in [0.1, 0.15) is 10.8 Å². The Labute approximate surface area is 113 Å². The van der Waals surface area contributed by atoms with Gasteiger partial charge >= 0.3 is 0 Å². The largest absolute Gasteiger partial charge is 0.306 e. The van der Waals surface area contributed by atoms with E-state index in [1.807, 2.05) is 12.3 Å². The summed E-state index contributed by atoms with van der Waals surface area (Å²) in [6, 6.07) is 3.45. The number of hydrogen-bond donors (Lipinski definition) is 1. The lowest BCUT2D eigenvalue weighted by Crippen LogP contribution is -2.14. The highest BCUT2D eigenvalue weighted by Gasteiger charge is 2.13. The van der Waals surface area contributed by atoms with Crippen LogP contribution in [0.25, 0.3) is 0 Å². The summed E-state index contributed by atoms with van der Waals surface area (Å²) >= 11 is 1.52. The van der Waals surface area contributed by atoms with Crippen LogP contribution in [0.3, 0.4) is 0 Å². The Morgan fingerprint density at radius 3 is 2.89 bits per heavy atom. The van der Waals surface area contributed by atoms with Crippen LogP contribution in [0, 0.1) is 22.9 Å². The van der Waals surface area contributed by atoms with Gasteiger partial charge in [0.15, 0.2) is 0 Å². The van der Waals surface area contributed by atoms with E-state index in [4.69, 9.17) is 0 Å². The van der Waals surface area contributed by atoms with Gasteiger partial charge in [0.05, 0.1) is 4.92 Å². The normalized spacial score (nSPS) is 10.6. The van der Waals surface area contributed by atoms with Crippen molar-refractivity contribution >= 4 is 17.0 Å². The fourth-order valence-corrected chi connectivity index (χ4v) is 2.40. The van der Waals surface area contributed by atoms with Gasteiger partial charge in [0.25, 0.3) is 5.69 Å². The summed E-state index contributed by atoms with van der Waals surface area (Å²) in [5.74, 6) is -0.479. The molecular formula is C12H12FN3O2S. The lowest BCUT2D eigenvalue weighted by molar-refractivity contribution is -0.385. The average molecular weight is 281 g/mol. The third-order valence-electron chi connectivity index (χ3n) is 2.50. The molecule has 0 amide bonds. The Morgan fingerprint density at radius 1 is 1.47 bits per heavy atom. The van der Waals surface area contributed by atoms with Crippen LogP contribution in [0.1, 0.15) is 16.3 Å². The van der Waals surface area contributed by atoms with Crippen LogP contribution in [0.4, 0.5) is 10.1 Å². The number of nitrogens with zero attached hydrogens (tertiary/aromatic N) is 2. The smallest absolute Gasteiger partial charge is 0.274 e. The quantitative estimate of drug-likeness (QED) is 0.676. The summed E-state index contributed by atoms with van der Waals surface area (Å²) in [5, 5.41) is 16.7. The highest BCUT2D eigenvalue weighted by molar-refractivity contribution is 7.09. The molecule has 0 bridgehead atoms. The van der Waals surface area contributed by atoms with Crippen molar-refractivity contribution in [3.8, 4) is 0 Å². The molecule has 100 valence electrons. The second-order valence-corrected chi connectivity index (χ2v) is 4.96. The van der Waals surface area contributed by atoms with Crippen LogP contribution in [-0.2, 0) is 13.1 Å². The fraction of sp³-hybridized carbons (Fsp3) is 0.250. The minimum atomic E-state index is -0.510. The van der Waals surface area contributed by atoms with Crippen molar-refractivity contribution in [2.75, 3.05) is 0 Å². The van der Waals surface area contributed by atoms with Crippen molar-refractivity contribution in [3.63, 3.8) is 0 Å². The lowest BCUT2D eigenvalue weighted by atomic mass is 10.1. The van der Waals surface area contributed by atoms with Gasteiger partial charge in [-0.3, -0.25) is 10.1 Å². The van der Waals surface area contributed by atoms with Crippen molar-refractivity contribution in [1.29, 1.82) is 0 Å². The predicted molar refractivity (Wildman–Crippen MR) is 70.4 cm³/mol. The number of aryl methyl sites for hydroxylation is 1. The number of thiazole rings is 1. The number of nitro groups is 1. The molecule has 0 aliphatic carbocycles. The molecule has 0 aliphatic rings. The number of hydrogen-bond acceptors (Lipinski definition) is 5. The van der Waals surface area contributed by atoms with Crippen LogP contribution in [0.2, 0.25) is 0 Å². The highest BCUT2D eigenvalue weighted by Crippen LogP contribution is 2.19. The third kappa shape index (κ3) is 3.55. The van der Waals surface area contributed by atoms with Gasteiger partial charge in [0, 0.05) is 35.8 Å². The molecule has 2 aromatic rings. The molecule has 19 heavy (non-hydrogen) atoms. The van der Waals surface area contributed by atoms with Gasteiger partial charge in [-0.2, -0.15) is 0 Å². The van der Waals surface area contributed by atoms with Crippen LogP contribution in [0.5, 0.6) is 0 Å². The molecule has 0 atom stereocenters. The zero-order valence-corrected chi connectivity index (χ0v) is 11.0. The van der Waals surface area contributed by atoms with Crippen LogP contribution in [0.15, 0.2) is 23.6 Å². The van der Waals surface area contributed by atoms with E-state index in [9.17, 15) is 14.5 Å². The van der Waals surface area contributed by atoms with E-state index < -0.39 is 10.7 Å². The van der Waals surface area contributed by atoms with E-state index in [-0.39, 0.29) is 12.2 Å². The molecule has 1 aromatic carbocycles. The first-order chi connectivity index (χ1) is 9.06. The number of nitrogens with one attached hydrogen (secondary N) is 1. The third-order valence-corrected chi connectivity index (χ3v) is 3.46. The van der Waals surface area contributed by atoms with Gasteiger partial charge in [0.2, 0.25) is 0 Å². The summed E-state index contributed by atoms with van der Waals surface area (Å²) in [4.78, 5) is 14.6. The first-order valence-corrected chi connectivity index (χ1v) is 6.49. The molecule has 1 N–H and O–H groups in total. The molecular weight excluding hydrogens is 269 g/mol. The zero-order valence-electron chi connectivity index (χ0n) is 10.2. The molecule has 0 spiro atoms. The maximum Gasteiger partial charge on any atom is 0.274 e. The number of halogens is 1. The maximum absolute atomic E-state index is 13.1. The van der Waals surface area contributed by atoms with Gasteiger partial charge in [-0.1, -0.05) is 0 Å². The highest BCUT2D eigenvalue weighted by atomic mass is 32.1. The molecule has 5 nitrogen and oxygen atoms in total. The molecule has 7 heteroatoms. The van der Waals surface area contributed by atoms with Crippen molar-refractivity contribution < 1.29 is 9.31 Å². The molecule has 0 fully saturated rings. The Balaban J connectivity index is 2.02. The predicted octanol–water partition coefficient (Wildman–Crippen LogP) is 2.79. The minimum Gasteiger partial charge on any atom is -0.306 e. The van der Waals surface area contributed by atoms with E-state index in [1.165, 1.54) is 23.5 Å². The van der Waals surface area contributed by atoms with E-state index in [0.717, 1.165) is 16.8 Å². The number of benzene rings is 1. The number of rotatable bonds is 5. The first-order valence-electron chi connectivity index (χ1n) is 5.61. The second kappa shape index (κ2) is 5.85.